The fourth-order valence-electron chi connectivity index (χ4n) is 2.86. The van der Waals surface area contributed by atoms with Crippen LogP contribution in [0.5, 0.6) is 0 Å². The van der Waals surface area contributed by atoms with Crippen LogP contribution >= 0.6 is 11.6 Å². The Bertz CT molecular complexity index is 1130. The third kappa shape index (κ3) is 2.44. The highest BCUT2D eigenvalue weighted by Crippen LogP contribution is 2.31. The number of carboxylic acids is 1. The summed E-state index contributed by atoms with van der Waals surface area (Å²) in [5, 5.41) is 15.5. The smallest absolute Gasteiger partial charge is 0.339 e. The molecular weight excluding hydrogens is 342 g/mol. The number of halogens is 1. The molecule has 0 atom stereocenters. The van der Waals surface area contributed by atoms with E-state index in [0.29, 0.717) is 27.6 Å². The average molecular weight is 356 g/mol. The van der Waals surface area contributed by atoms with Gasteiger partial charge in [-0.15, -0.1) is 0 Å². The topological polar surface area (TPSA) is 96.7 Å². The molecule has 0 bridgehead atoms. The van der Waals surface area contributed by atoms with E-state index in [9.17, 15) is 9.90 Å². The molecule has 0 spiro atoms. The number of aromatic amines is 1. The molecule has 0 radical (unpaired) electrons. The predicted molar refractivity (Wildman–Crippen MR) is 95.0 cm³/mol. The second kappa shape index (κ2) is 5.56. The van der Waals surface area contributed by atoms with E-state index < -0.39 is 5.97 Å². The number of nitrogens with zero attached hydrogens (tertiary/aromatic N) is 4. The van der Waals surface area contributed by atoms with E-state index in [-0.39, 0.29) is 11.6 Å². The summed E-state index contributed by atoms with van der Waals surface area (Å²) in [4.78, 5) is 22.9. The lowest BCUT2D eigenvalue weighted by molar-refractivity contribution is 0.0699. The van der Waals surface area contributed by atoms with Crippen LogP contribution in [-0.2, 0) is 0 Å². The molecule has 0 saturated heterocycles. The van der Waals surface area contributed by atoms with Crippen molar-refractivity contribution in [1.29, 1.82) is 0 Å². The number of carbonyl (C=O) groups is 1. The molecular formula is C17H14ClN5O2. The maximum absolute atomic E-state index is 11.3. The summed E-state index contributed by atoms with van der Waals surface area (Å²) in [5.41, 5.74) is 2.88. The number of aromatic nitrogens is 5. The van der Waals surface area contributed by atoms with Crippen LogP contribution in [0.15, 0.2) is 30.6 Å². The molecule has 0 amide bonds. The minimum atomic E-state index is -1.05. The molecule has 126 valence electrons. The van der Waals surface area contributed by atoms with Crippen molar-refractivity contribution in [2.45, 2.75) is 19.9 Å². The quantitative estimate of drug-likeness (QED) is 0.580. The minimum absolute atomic E-state index is 0.0833. The van der Waals surface area contributed by atoms with Gasteiger partial charge in [-0.2, -0.15) is 5.10 Å². The van der Waals surface area contributed by atoms with E-state index in [1.807, 2.05) is 30.7 Å². The molecule has 0 aliphatic rings. The predicted octanol–water partition coefficient (Wildman–Crippen LogP) is 3.91. The number of carboxylic acid groups (broad SMARTS) is 1. The zero-order chi connectivity index (χ0) is 17.7. The largest absolute Gasteiger partial charge is 0.478 e. The lowest BCUT2D eigenvalue weighted by atomic mass is 10.1. The number of hydrogen-bond acceptors (Lipinski definition) is 4. The first kappa shape index (κ1) is 15.6. The van der Waals surface area contributed by atoms with Crippen LogP contribution in [0.25, 0.3) is 33.5 Å². The summed E-state index contributed by atoms with van der Waals surface area (Å²) in [6.45, 7) is 4.06. The second-order valence-corrected chi connectivity index (χ2v) is 6.44. The van der Waals surface area contributed by atoms with Gasteiger partial charge in [0.15, 0.2) is 5.65 Å². The van der Waals surface area contributed by atoms with E-state index in [1.54, 1.807) is 12.3 Å². The van der Waals surface area contributed by atoms with Crippen molar-refractivity contribution in [3.63, 3.8) is 0 Å². The molecule has 7 nitrogen and oxygen atoms in total. The monoisotopic (exact) mass is 355 g/mol. The van der Waals surface area contributed by atoms with E-state index in [2.05, 4.69) is 20.1 Å². The maximum Gasteiger partial charge on any atom is 0.339 e. The molecule has 4 aromatic rings. The van der Waals surface area contributed by atoms with E-state index >= 15 is 0 Å². The first-order valence-corrected chi connectivity index (χ1v) is 8.09. The van der Waals surface area contributed by atoms with Gasteiger partial charge < -0.3 is 10.1 Å². The van der Waals surface area contributed by atoms with Gasteiger partial charge in [0.05, 0.1) is 11.7 Å². The average Bonchev–Trinajstić information content (AvgIpc) is 3.14. The Hall–Kier alpha value is -2.93. The Labute approximate surface area is 147 Å². The summed E-state index contributed by atoms with van der Waals surface area (Å²) in [6.07, 6.45) is 2.98. The Morgan fingerprint density at radius 2 is 2.16 bits per heavy atom. The van der Waals surface area contributed by atoms with Gasteiger partial charge in [0.25, 0.3) is 0 Å². The molecule has 0 aliphatic heterocycles. The van der Waals surface area contributed by atoms with Gasteiger partial charge in [0.2, 0.25) is 0 Å². The Morgan fingerprint density at radius 1 is 1.36 bits per heavy atom. The van der Waals surface area contributed by atoms with Crippen molar-refractivity contribution in [3.8, 4) is 11.4 Å². The van der Waals surface area contributed by atoms with Crippen LogP contribution in [0, 0.1) is 0 Å². The van der Waals surface area contributed by atoms with Crippen LogP contribution in [0.1, 0.15) is 30.2 Å². The summed E-state index contributed by atoms with van der Waals surface area (Å²) in [7, 11) is 0. The lowest BCUT2D eigenvalue weighted by Crippen LogP contribution is -2.02. The van der Waals surface area contributed by atoms with Gasteiger partial charge in [-0.1, -0.05) is 11.6 Å². The van der Waals surface area contributed by atoms with Gasteiger partial charge in [0.1, 0.15) is 22.5 Å². The van der Waals surface area contributed by atoms with Gasteiger partial charge in [-0.05, 0) is 32.0 Å². The highest BCUT2D eigenvalue weighted by molar-refractivity contribution is 6.31. The molecule has 25 heavy (non-hydrogen) atoms. The van der Waals surface area contributed by atoms with Crippen LogP contribution < -0.4 is 0 Å². The summed E-state index contributed by atoms with van der Waals surface area (Å²) >= 11 is 6.13. The molecule has 3 heterocycles. The highest BCUT2D eigenvalue weighted by atomic mass is 35.5. The Kier molecular flexibility index (Phi) is 3.47. The van der Waals surface area contributed by atoms with E-state index in [0.717, 1.165) is 10.9 Å². The fourth-order valence-corrected chi connectivity index (χ4v) is 3.03. The number of fused-ring (bicyclic) bond motifs is 2. The standard InChI is InChI=1S/C17H14ClN5O2/c1-8(2)23-13-5-9(18)3-4-10(13)14(22-23)12-7-20-16-15(21-12)11(6-19-16)17(24)25/h3-8H,1-2H3,(H,19,20)(H,24,25). The number of rotatable bonds is 3. The van der Waals surface area contributed by atoms with Crippen molar-refractivity contribution in [2.24, 2.45) is 0 Å². The van der Waals surface area contributed by atoms with Gasteiger partial charge in [-0.25, -0.2) is 14.8 Å². The number of benzene rings is 1. The van der Waals surface area contributed by atoms with Crippen molar-refractivity contribution < 1.29 is 9.90 Å². The highest BCUT2D eigenvalue weighted by Gasteiger charge is 2.19. The normalized spacial score (nSPS) is 11.7. The first-order chi connectivity index (χ1) is 12.0. The molecule has 1 aromatic carbocycles. The third-order valence-corrected chi connectivity index (χ3v) is 4.25. The van der Waals surface area contributed by atoms with E-state index in [4.69, 9.17) is 11.6 Å². The van der Waals surface area contributed by atoms with Crippen molar-refractivity contribution in [3.05, 3.63) is 41.2 Å². The lowest BCUT2D eigenvalue weighted by Gasteiger charge is -2.06. The first-order valence-electron chi connectivity index (χ1n) is 7.71. The van der Waals surface area contributed by atoms with Crippen LogP contribution in [0.3, 0.4) is 0 Å². The summed E-state index contributed by atoms with van der Waals surface area (Å²) in [6, 6.07) is 5.68. The van der Waals surface area contributed by atoms with Gasteiger partial charge in [-0.3, -0.25) is 4.68 Å². The zero-order valence-corrected chi connectivity index (χ0v) is 14.2. The summed E-state index contributed by atoms with van der Waals surface area (Å²) in [5.74, 6) is -1.05. The Morgan fingerprint density at radius 3 is 2.88 bits per heavy atom. The SMILES string of the molecule is CC(C)n1nc(-c2cnc3[nH]cc(C(=O)O)c3n2)c2ccc(Cl)cc21. The molecule has 8 heteroatoms. The molecule has 0 aliphatic carbocycles. The number of nitrogens with one attached hydrogen (secondary N) is 1. The minimum Gasteiger partial charge on any atom is -0.478 e. The van der Waals surface area contributed by atoms with E-state index in [1.165, 1.54) is 6.20 Å². The van der Waals surface area contributed by atoms with Crippen LogP contribution in [0.2, 0.25) is 5.02 Å². The number of H-pyrrole nitrogens is 1. The van der Waals surface area contributed by atoms with Crippen molar-refractivity contribution >= 4 is 39.6 Å². The molecule has 0 fully saturated rings. The maximum atomic E-state index is 11.3. The van der Waals surface area contributed by atoms with Crippen molar-refractivity contribution in [1.82, 2.24) is 24.7 Å². The molecule has 3 aromatic heterocycles. The third-order valence-electron chi connectivity index (χ3n) is 4.01. The number of aromatic carboxylic acids is 1. The molecule has 2 N–H and O–H groups in total. The van der Waals surface area contributed by atoms with Crippen LogP contribution in [0.4, 0.5) is 0 Å². The van der Waals surface area contributed by atoms with Crippen molar-refractivity contribution in [2.75, 3.05) is 0 Å². The van der Waals surface area contributed by atoms with Crippen LogP contribution in [-0.4, -0.2) is 35.8 Å². The number of hydrogen-bond donors (Lipinski definition) is 2. The molecule has 0 saturated carbocycles. The molecule has 0 unspecified atom stereocenters. The van der Waals surface area contributed by atoms with Gasteiger partial charge >= 0.3 is 5.97 Å². The second-order valence-electron chi connectivity index (χ2n) is 6.01. The zero-order valence-electron chi connectivity index (χ0n) is 13.5. The fraction of sp³-hybridized carbons (Fsp3) is 0.176. The summed E-state index contributed by atoms with van der Waals surface area (Å²) < 4.78 is 1.87. The molecule has 4 rings (SSSR count). The van der Waals surface area contributed by atoms with Gasteiger partial charge in [0, 0.05) is 22.6 Å². The Balaban J connectivity index is 2.00.